The van der Waals surface area contributed by atoms with E-state index in [4.69, 9.17) is 4.74 Å². The zero-order valence-corrected chi connectivity index (χ0v) is 23.0. The molecule has 5 rings (SSSR count). The Bertz CT molecular complexity index is 1580. The zero-order valence-electron chi connectivity index (χ0n) is 22.2. The van der Waals surface area contributed by atoms with Crippen molar-refractivity contribution in [1.29, 1.82) is 0 Å². The number of ether oxygens (including phenoxy) is 1. The molecule has 0 atom stereocenters. The summed E-state index contributed by atoms with van der Waals surface area (Å²) in [4.78, 5) is 43.9. The Morgan fingerprint density at radius 1 is 1.10 bits per heavy atom. The quantitative estimate of drug-likeness (QED) is 0.358. The van der Waals surface area contributed by atoms with Gasteiger partial charge in [0.1, 0.15) is 11.4 Å². The molecule has 1 aliphatic heterocycles. The standard InChI is InChI=1S/C28H30FN5O4S/c1-28(2,3)38-27(37)33-11-9-16(10-12-33)25(36)31-18-6-8-22-23(14-18)39-26-32-21(15-34(22)26)19-7-5-17(13-20(19)29)24(35)30-4/h5-8,13-16H,9-12H2,1-4H3,(H,30,35)(H,31,36). The average molecular weight is 552 g/mol. The molecule has 0 spiro atoms. The van der Waals surface area contributed by atoms with E-state index in [0.717, 1.165) is 10.2 Å². The highest BCUT2D eigenvalue weighted by Crippen LogP contribution is 2.32. The number of amides is 3. The number of nitrogens with zero attached hydrogens (tertiary/aromatic N) is 3. The predicted octanol–water partition coefficient (Wildman–Crippen LogP) is 5.30. The molecule has 1 aliphatic rings. The van der Waals surface area contributed by atoms with Crippen molar-refractivity contribution in [3.05, 3.63) is 54.0 Å². The molecule has 2 aromatic carbocycles. The van der Waals surface area contributed by atoms with Gasteiger partial charge in [-0.05, 0) is 70.0 Å². The lowest BCUT2D eigenvalue weighted by Crippen LogP contribution is -2.43. The molecule has 9 nitrogen and oxygen atoms in total. The highest BCUT2D eigenvalue weighted by molar-refractivity contribution is 7.23. The van der Waals surface area contributed by atoms with Crippen LogP contribution in [0.15, 0.2) is 42.6 Å². The molecule has 0 radical (unpaired) electrons. The van der Waals surface area contributed by atoms with Crippen molar-refractivity contribution in [2.75, 3.05) is 25.5 Å². The average Bonchev–Trinajstić information content (AvgIpc) is 3.44. The van der Waals surface area contributed by atoms with Gasteiger partial charge in [-0.3, -0.25) is 14.0 Å². The van der Waals surface area contributed by atoms with E-state index in [9.17, 15) is 18.8 Å². The summed E-state index contributed by atoms with van der Waals surface area (Å²) in [5, 5.41) is 5.49. The number of nitrogens with one attached hydrogen (secondary N) is 2. The molecular weight excluding hydrogens is 521 g/mol. The Morgan fingerprint density at radius 3 is 2.51 bits per heavy atom. The van der Waals surface area contributed by atoms with Crippen LogP contribution in [0.1, 0.15) is 44.0 Å². The lowest BCUT2D eigenvalue weighted by Gasteiger charge is -2.32. The summed E-state index contributed by atoms with van der Waals surface area (Å²) >= 11 is 1.44. The van der Waals surface area contributed by atoms with Crippen molar-refractivity contribution in [3.63, 3.8) is 0 Å². The normalized spacial score (nSPS) is 14.5. The van der Waals surface area contributed by atoms with Crippen molar-refractivity contribution in [1.82, 2.24) is 19.6 Å². The molecule has 0 unspecified atom stereocenters. The number of aromatic nitrogens is 2. The highest BCUT2D eigenvalue weighted by atomic mass is 32.1. The van der Waals surface area contributed by atoms with E-state index in [0.29, 0.717) is 47.8 Å². The number of carbonyl (C=O) groups excluding carboxylic acids is 3. The molecule has 0 saturated carbocycles. The molecule has 3 amide bonds. The number of piperidine rings is 1. The van der Waals surface area contributed by atoms with Gasteiger partial charge in [0, 0.05) is 49.1 Å². The van der Waals surface area contributed by atoms with Gasteiger partial charge in [-0.25, -0.2) is 14.2 Å². The summed E-state index contributed by atoms with van der Waals surface area (Å²) in [5.74, 6) is -1.13. The van der Waals surface area contributed by atoms with Crippen LogP contribution in [0.3, 0.4) is 0 Å². The van der Waals surface area contributed by atoms with E-state index in [-0.39, 0.29) is 29.4 Å². The van der Waals surface area contributed by atoms with Gasteiger partial charge in [-0.15, -0.1) is 0 Å². The molecule has 3 heterocycles. The molecule has 2 aromatic heterocycles. The van der Waals surface area contributed by atoms with E-state index < -0.39 is 11.4 Å². The van der Waals surface area contributed by atoms with Crippen LogP contribution in [-0.4, -0.2) is 57.9 Å². The molecule has 39 heavy (non-hydrogen) atoms. The van der Waals surface area contributed by atoms with E-state index in [2.05, 4.69) is 15.6 Å². The minimum absolute atomic E-state index is 0.0718. The number of likely N-dealkylation sites (tertiary alicyclic amines) is 1. The van der Waals surface area contributed by atoms with Crippen molar-refractivity contribution in [2.24, 2.45) is 5.92 Å². The summed E-state index contributed by atoms with van der Waals surface area (Å²) in [6.45, 7) is 6.46. The zero-order chi connectivity index (χ0) is 27.9. The number of halogens is 1. The molecule has 2 N–H and O–H groups in total. The summed E-state index contributed by atoms with van der Waals surface area (Å²) in [7, 11) is 1.50. The van der Waals surface area contributed by atoms with Crippen molar-refractivity contribution < 1.29 is 23.5 Å². The first-order valence-electron chi connectivity index (χ1n) is 12.7. The van der Waals surface area contributed by atoms with Crippen LogP contribution >= 0.6 is 11.3 Å². The van der Waals surface area contributed by atoms with Crippen LogP contribution in [-0.2, 0) is 9.53 Å². The maximum Gasteiger partial charge on any atom is 0.410 e. The fraction of sp³-hybridized carbons (Fsp3) is 0.357. The Hall–Kier alpha value is -3.99. The van der Waals surface area contributed by atoms with Gasteiger partial charge >= 0.3 is 6.09 Å². The number of fused-ring (bicyclic) bond motifs is 3. The minimum Gasteiger partial charge on any atom is -0.444 e. The molecule has 0 aliphatic carbocycles. The van der Waals surface area contributed by atoms with Crippen LogP contribution in [0, 0.1) is 11.7 Å². The van der Waals surface area contributed by atoms with Crippen molar-refractivity contribution in [3.8, 4) is 11.3 Å². The van der Waals surface area contributed by atoms with Gasteiger partial charge in [0.25, 0.3) is 5.91 Å². The van der Waals surface area contributed by atoms with Gasteiger partial charge in [0.15, 0.2) is 4.96 Å². The number of benzene rings is 2. The van der Waals surface area contributed by atoms with E-state index >= 15 is 0 Å². The first-order chi connectivity index (χ1) is 18.5. The van der Waals surface area contributed by atoms with Gasteiger partial charge in [0.2, 0.25) is 5.91 Å². The highest BCUT2D eigenvalue weighted by Gasteiger charge is 2.30. The lowest BCUT2D eigenvalue weighted by atomic mass is 9.96. The van der Waals surface area contributed by atoms with Crippen LogP contribution < -0.4 is 10.6 Å². The topological polar surface area (TPSA) is 105 Å². The molecule has 1 fully saturated rings. The van der Waals surface area contributed by atoms with E-state index in [1.807, 2.05) is 43.4 Å². The summed E-state index contributed by atoms with van der Waals surface area (Å²) in [5.41, 5.74) is 2.05. The maximum atomic E-state index is 14.7. The Labute approximate surface area is 229 Å². The summed E-state index contributed by atoms with van der Waals surface area (Å²) in [6.07, 6.45) is 2.57. The van der Waals surface area contributed by atoms with E-state index in [1.54, 1.807) is 23.2 Å². The Morgan fingerprint density at radius 2 is 1.85 bits per heavy atom. The molecular formula is C28H30FN5O4S. The van der Waals surface area contributed by atoms with Gasteiger partial charge < -0.3 is 20.3 Å². The lowest BCUT2D eigenvalue weighted by molar-refractivity contribution is -0.121. The van der Waals surface area contributed by atoms with Gasteiger partial charge in [-0.2, -0.15) is 0 Å². The largest absolute Gasteiger partial charge is 0.444 e. The van der Waals surface area contributed by atoms with Crippen LogP contribution in [0.5, 0.6) is 0 Å². The van der Waals surface area contributed by atoms with Crippen LogP contribution in [0.2, 0.25) is 0 Å². The minimum atomic E-state index is -0.551. The van der Waals surface area contributed by atoms with Crippen LogP contribution in [0.4, 0.5) is 14.9 Å². The molecule has 4 aromatic rings. The second-order valence-electron chi connectivity index (χ2n) is 10.6. The molecule has 11 heteroatoms. The predicted molar refractivity (Wildman–Crippen MR) is 149 cm³/mol. The van der Waals surface area contributed by atoms with Crippen molar-refractivity contribution >= 4 is 50.1 Å². The number of rotatable bonds is 4. The summed E-state index contributed by atoms with van der Waals surface area (Å²) in [6, 6.07) is 9.97. The monoisotopic (exact) mass is 551 g/mol. The molecule has 204 valence electrons. The fourth-order valence-electron chi connectivity index (χ4n) is 4.61. The number of imidazole rings is 1. The fourth-order valence-corrected chi connectivity index (χ4v) is 5.66. The summed E-state index contributed by atoms with van der Waals surface area (Å²) < 4.78 is 23.0. The smallest absolute Gasteiger partial charge is 0.410 e. The number of thiazole rings is 1. The number of hydrogen-bond acceptors (Lipinski definition) is 6. The number of hydrogen-bond donors (Lipinski definition) is 2. The Balaban J connectivity index is 1.27. The first-order valence-corrected chi connectivity index (χ1v) is 13.6. The number of anilines is 1. The third-order valence-corrected chi connectivity index (χ3v) is 7.63. The van der Waals surface area contributed by atoms with Crippen molar-refractivity contribution in [2.45, 2.75) is 39.2 Å². The third kappa shape index (κ3) is 5.58. The molecule has 0 bridgehead atoms. The first kappa shape index (κ1) is 26.6. The second-order valence-corrected chi connectivity index (χ2v) is 11.6. The van der Waals surface area contributed by atoms with E-state index in [1.165, 1.54) is 24.5 Å². The second kappa shape index (κ2) is 10.3. The maximum absolute atomic E-state index is 14.7. The molecule has 1 saturated heterocycles. The van der Waals surface area contributed by atoms with Gasteiger partial charge in [-0.1, -0.05) is 11.3 Å². The van der Waals surface area contributed by atoms with Gasteiger partial charge in [0.05, 0.1) is 15.9 Å². The SMILES string of the molecule is CNC(=O)c1ccc(-c2cn3c(n2)sc2cc(NC(=O)C4CCN(C(=O)OC(C)(C)C)CC4)ccc23)c(F)c1. The Kier molecular flexibility index (Phi) is 7.02. The third-order valence-electron chi connectivity index (χ3n) is 6.61. The number of carbonyl (C=O) groups is 3. The van der Waals surface area contributed by atoms with Crippen LogP contribution in [0.25, 0.3) is 26.4 Å².